The molecule has 0 aliphatic carbocycles. The van der Waals surface area contributed by atoms with Gasteiger partial charge in [-0.05, 0) is 61.5 Å². The summed E-state index contributed by atoms with van der Waals surface area (Å²) >= 11 is 0. The monoisotopic (exact) mass is 425 g/mol. The van der Waals surface area contributed by atoms with Crippen molar-refractivity contribution in [1.29, 1.82) is 0 Å². The Hall–Kier alpha value is -3.65. The zero-order valence-corrected chi connectivity index (χ0v) is 17.1. The number of anilines is 1. The number of hydrogen-bond donors (Lipinski definition) is 1. The van der Waals surface area contributed by atoms with Crippen LogP contribution >= 0.6 is 0 Å². The number of hydrogen-bond acceptors (Lipinski definition) is 6. The Bertz CT molecular complexity index is 1170. The topological polar surface area (TPSA) is 98.8 Å². The first kappa shape index (κ1) is 21.1. The zero-order chi connectivity index (χ0) is 21.7. The van der Waals surface area contributed by atoms with Gasteiger partial charge in [-0.25, -0.2) is 18.0 Å². The van der Waals surface area contributed by atoms with Gasteiger partial charge in [0.2, 0.25) is 0 Å². The normalized spacial score (nSPS) is 10.9. The SMILES string of the molecule is COC(=O)c1ccc(OC(=O)c2cccc(NS(=O)(=O)c3ccc(C)cc3)c2)cc1. The van der Waals surface area contributed by atoms with Crippen LogP contribution in [0.2, 0.25) is 0 Å². The quantitative estimate of drug-likeness (QED) is 0.476. The van der Waals surface area contributed by atoms with Gasteiger partial charge in [0.15, 0.2) is 0 Å². The Kier molecular flexibility index (Phi) is 6.17. The van der Waals surface area contributed by atoms with Crippen molar-refractivity contribution in [2.45, 2.75) is 11.8 Å². The van der Waals surface area contributed by atoms with Gasteiger partial charge < -0.3 is 9.47 Å². The zero-order valence-electron chi connectivity index (χ0n) is 16.3. The van der Waals surface area contributed by atoms with Gasteiger partial charge >= 0.3 is 11.9 Å². The van der Waals surface area contributed by atoms with Crippen molar-refractivity contribution in [2.75, 3.05) is 11.8 Å². The van der Waals surface area contributed by atoms with Crippen LogP contribution in [0.5, 0.6) is 5.75 Å². The lowest BCUT2D eigenvalue weighted by atomic mass is 10.2. The van der Waals surface area contributed by atoms with Crippen LogP contribution < -0.4 is 9.46 Å². The number of nitrogens with one attached hydrogen (secondary N) is 1. The van der Waals surface area contributed by atoms with E-state index in [2.05, 4.69) is 9.46 Å². The number of sulfonamides is 1. The number of ether oxygens (including phenoxy) is 2. The van der Waals surface area contributed by atoms with E-state index in [4.69, 9.17) is 4.74 Å². The minimum absolute atomic E-state index is 0.117. The minimum Gasteiger partial charge on any atom is -0.465 e. The first-order valence-corrected chi connectivity index (χ1v) is 10.4. The number of carbonyl (C=O) groups excluding carboxylic acids is 2. The predicted molar refractivity (Wildman–Crippen MR) is 111 cm³/mol. The van der Waals surface area contributed by atoms with Crippen molar-refractivity contribution in [3.05, 3.63) is 89.5 Å². The highest BCUT2D eigenvalue weighted by atomic mass is 32.2. The van der Waals surface area contributed by atoms with Crippen molar-refractivity contribution < 1.29 is 27.5 Å². The van der Waals surface area contributed by atoms with Crippen LogP contribution in [0.15, 0.2) is 77.7 Å². The summed E-state index contributed by atoms with van der Waals surface area (Å²) in [7, 11) is -2.52. The molecule has 0 aromatic heterocycles. The largest absolute Gasteiger partial charge is 0.465 e. The second-order valence-electron chi connectivity index (χ2n) is 6.40. The molecule has 30 heavy (non-hydrogen) atoms. The summed E-state index contributed by atoms with van der Waals surface area (Å²) in [5.41, 5.74) is 1.66. The van der Waals surface area contributed by atoms with E-state index in [1.807, 2.05) is 6.92 Å². The van der Waals surface area contributed by atoms with Crippen molar-refractivity contribution in [1.82, 2.24) is 0 Å². The third-order valence-electron chi connectivity index (χ3n) is 4.17. The van der Waals surface area contributed by atoms with Crippen molar-refractivity contribution in [3.63, 3.8) is 0 Å². The van der Waals surface area contributed by atoms with Crippen LogP contribution in [0.3, 0.4) is 0 Å². The molecule has 0 atom stereocenters. The number of rotatable bonds is 6. The minimum atomic E-state index is -3.79. The van der Waals surface area contributed by atoms with Crippen molar-refractivity contribution >= 4 is 27.6 Å². The average molecular weight is 425 g/mol. The fraction of sp³-hybridized carbons (Fsp3) is 0.0909. The van der Waals surface area contributed by atoms with Gasteiger partial charge in [-0.15, -0.1) is 0 Å². The molecule has 8 heteroatoms. The highest BCUT2D eigenvalue weighted by Gasteiger charge is 2.16. The smallest absolute Gasteiger partial charge is 0.343 e. The molecular weight excluding hydrogens is 406 g/mol. The highest BCUT2D eigenvalue weighted by molar-refractivity contribution is 7.92. The Morgan fingerprint density at radius 3 is 2.13 bits per heavy atom. The second kappa shape index (κ2) is 8.79. The van der Waals surface area contributed by atoms with E-state index in [1.165, 1.54) is 61.7 Å². The molecule has 7 nitrogen and oxygen atoms in total. The summed E-state index contributed by atoms with van der Waals surface area (Å²) < 4.78 is 37.4. The Morgan fingerprint density at radius 1 is 0.833 bits per heavy atom. The molecule has 0 fully saturated rings. The Morgan fingerprint density at radius 2 is 1.50 bits per heavy atom. The van der Waals surface area contributed by atoms with Crippen LogP contribution in [0.4, 0.5) is 5.69 Å². The molecule has 0 unspecified atom stereocenters. The van der Waals surface area contributed by atoms with E-state index in [9.17, 15) is 18.0 Å². The van der Waals surface area contributed by atoms with Gasteiger partial charge in [-0.3, -0.25) is 4.72 Å². The molecule has 1 N–H and O–H groups in total. The summed E-state index contributed by atoms with van der Waals surface area (Å²) in [4.78, 5) is 24.0. The number of carbonyl (C=O) groups is 2. The van der Waals surface area contributed by atoms with E-state index in [1.54, 1.807) is 18.2 Å². The lowest BCUT2D eigenvalue weighted by Gasteiger charge is -2.10. The molecule has 0 saturated carbocycles. The maximum atomic E-state index is 12.5. The predicted octanol–water partition coefficient (Wildman–Crippen LogP) is 3.80. The van der Waals surface area contributed by atoms with Gasteiger partial charge in [0.25, 0.3) is 10.0 Å². The van der Waals surface area contributed by atoms with Gasteiger partial charge in [0.1, 0.15) is 5.75 Å². The first-order valence-electron chi connectivity index (χ1n) is 8.88. The van der Waals surface area contributed by atoms with Crippen molar-refractivity contribution in [2.24, 2.45) is 0 Å². The lowest BCUT2D eigenvalue weighted by Crippen LogP contribution is -2.14. The molecule has 0 amide bonds. The Balaban J connectivity index is 1.73. The fourth-order valence-electron chi connectivity index (χ4n) is 2.58. The lowest BCUT2D eigenvalue weighted by molar-refractivity contribution is 0.0600. The second-order valence-corrected chi connectivity index (χ2v) is 8.09. The number of methoxy groups -OCH3 is 1. The molecular formula is C22H19NO6S. The molecule has 0 aliphatic heterocycles. The summed E-state index contributed by atoms with van der Waals surface area (Å²) in [5, 5.41) is 0. The van der Waals surface area contributed by atoms with Crippen molar-refractivity contribution in [3.8, 4) is 5.75 Å². The molecule has 154 valence electrons. The van der Waals surface area contributed by atoms with E-state index >= 15 is 0 Å². The molecule has 3 aromatic rings. The van der Waals surface area contributed by atoms with Crippen LogP contribution in [0.1, 0.15) is 26.3 Å². The number of aryl methyl sites for hydroxylation is 1. The van der Waals surface area contributed by atoms with E-state index in [-0.39, 0.29) is 21.9 Å². The molecule has 0 radical (unpaired) electrons. The van der Waals surface area contributed by atoms with E-state index in [0.717, 1.165) is 5.56 Å². The fourth-order valence-corrected chi connectivity index (χ4v) is 3.63. The molecule has 0 aliphatic rings. The molecule has 3 aromatic carbocycles. The van der Waals surface area contributed by atoms with Gasteiger partial charge in [0.05, 0.1) is 23.1 Å². The average Bonchev–Trinajstić information content (AvgIpc) is 2.74. The van der Waals surface area contributed by atoms with E-state index < -0.39 is 22.0 Å². The van der Waals surface area contributed by atoms with Crippen LogP contribution in [-0.2, 0) is 14.8 Å². The molecule has 3 rings (SSSR count). The van der Waals surface area contributed by atoms with Crippen LogP contribution in [0, 0.1) is 6.92 Å². The number of benzene rings is 3. The van der Waals surface area contributed by atoms with Gasteiger partial charge in [-0.1, -0.05) is 23.8 Å². The van der Waals surface area contributed by atoms with Gasteiger partial charge in [0, 0.05) is 5.69 Å². The first-order chi connectivity index (χ1) is 14.3. The maximum Gasteiger partial charge on any atom is 0.343 e. The molecule has 0 saturated heterocycles. The standard InChI is InChI=1S/C22H19NO6S/c1-15-6-12-20(13-7-15)30(26,27)23-18-5-3-4-17(14-18)22(25)29-19-10-8-16(9-11-19)21(24)28-2/h3-14,23H,1-2H3. The van der Waals surface area contributed by atoms with Crippen LogP contribution in [-0.4, -0.2) is 27.5 Å². The number of esters is 2. The summed E-state index contributed by atoms with van der Waals surface area (Å²) in [6, 6.07) is 18.3. The third kappa shape index (κ3) is 5.03. The third-order valence-corrected chi connectivity index (χ3v) is 5.56. The molecule has 0 bridgehead atoms. The summed E-state index contributed by atoms with van der Waals surface area (Å²) in [6.07, 6.45) is 0. The molecule has 0 heterocycles. The maximum absolute atomic E-state index is 12.5. The van der Waals surface area contributed by atoms with E-state index in [0.29, 0.717) is 5.56 Å². The van der Waals surface area contributed by atoms with Gasteiger partial charge in [-0.2, -0.15) is 0 Å². The summed E-state index contributed by atoms with van der Waals surface area (Å²) in [6.45, 7) is 1.86. The Labute approximate surface area is 174 Å². The molecule has 0 spiro atoms. The van der Waals surface area contributed by atoms with Crippen LogP contribution in [0.25, 0.3) is 0 Å². The highest BCUT2D eigenvalue weighted by Crippen LogP contribution is 2.20. The summed E-state index contributed by atoms with van der Waals surface area (Å²) in [5.74, 6) is -0.933.